The molecule has 1 aliphatic rings. The van der Waals surface area contributed by atoms with Crippen LogP contribution in [-0.2, 0) is 13.1 Å². The minimum Gasteiger partial charge on any atom is -0.494 e. The van der Waals surface area contributed by atoms with Crippen LogP contribution in [0.5, 0.6) is 11.5 Å². The highest BCUT2D eigenvalue weighted by atomic mass is 16.5. The summed E-state index contributed by atoms with van der Waals surface area (Å²) in [6, 6.07) is 17.7. The zero-order valence-electron chi connectivity index (χ0n) is 19.1. The molecule has 1 aromatic heterocycles. The monoisotopic (exact) mass is 451 g/mol. The van der Waals surface area contributed by atoms with Crippen molar-refractivity contribution in [2.75, 3.05) is 26.3 Å². The number of likely N-dealkylation sites (tertiary alicyclic amines) is 1. The van der Waals surface area contributed by atoms with Gasteiger partial charge >= 0.3 is 0 Å². The van der Waals surface area contributed by atoms with E-state index in [-0.39, 0.29) is 6.61 Å². The lowest BCUT2D eigenvalue weighted by Gasteiger charge is -2.42. The van der Waals surface area contributed by atoms with Gasteiger partial charge in [-0.05, 0) is 54.8 Å². The quantitative estimate of drug-likeness (QED) is 0.461. The fraction of sp³-hybridized carbons (Fsp3) is 0.423. The molecule has 176 valence electrons. The number of hydrogen-bond acceptors (Lipinski definition) is 6. The Kier molecular flexibility index (Phi) is 7.65. The molecule has 2 N–H and O–H groups in total. The molecule has 7 nitrogen and oxygen atoms in total. The molecule has 4 rings (SSSR count). The fourth-order valence-electron chi connectivity index (χ4n) is 4.18. The van der Waals surface area contributed by atoms with E-state index >= 15 is 0 Å². The Hall–Kier alpha value is -2.87. The van der Waals surface area contributed by atoms with E-state index in [9.17, 15) is 10.2 Å². The highest BCUT2D eigenvalue weighted by molar-refractivity contribution is 5.29. The van der Waals surface area contributed by atoms with Gasteiger partial charge in [-0.25, -0.2) is 0 Å². The molecule has 33 heavy (non-hydrogen) atoms. The molecule has 0 radical (unpaired) electrons. The van der Waals surface area contributed by atoms with Crippen molar-refractivity contribution >= 4 is 0 Å². The summed E-state index contributed by atoms with van der Waals surface area (Å²) < 4.78 is 13.7. The van der Waals surface area contributed by atoms with Crippen molar-refractivity contribution in [1.29, 1.82) is 0 Å². The minimum absolute atomic E-state index is 0.0491. The summed E-state index contributed by atoms with van der Waals surface area (Å²) in [7, 11) is 0. The van der Waals surface area contributed by atoms with Crippen LogP contribution in [0.15, 0.2) is 67.0 Å². The molecule has 3 aromatic rings. The molecule has 2 heterocycles. The first-order valence-electron chi connectivity index (χ1n) is 11.5. The number of β-amino-alcohol motifs (C(OH)–C–C–N with tert-alkyl or cyclic N) is 1. The number of rotatable bonds is 10. The first-order valence-corrected chi connectivity index (χ1v) is 11.5. The van der Waals surface area contributed by atoms with Gasteiger partial charge in [0.15, 0.2) is 0 Å². The Bertz CT molecular complexity index is 1010. The van der Waals surface area contributed by atoms with Gasteiger partial charge in [0.2, 0.25) is 0 Å². The average Bonchev–Trinajstić information content (AvgIpc) is 3.32. The van der Waals surface area contributed by atoms with E-state index in [1.165, 1.54) is 0 Å². The van der Waals surface area contributed by atoms with Crippen LogP contribution in [0.2, 0.25) is 0 Å². The normalized spacial score (nSPS) is 21.1. The van der Waals surface area contributed by atoms with Gasteiger partial charge in [0.1, 0.15) is 23.7 Å². The Morgan fingerprint density at radius 2 is 1.91 bits per heavy atom. The Balaban J connectivity index is 1.29. The Labute approximate surface area is 195 Å². The zero-order chi connectivity index (χ0) is 23.1. The van der Waals surface area contributed by atoms with Gasteiger partial charge in [0, 0.05) is 45.0 Å². The van der Waals surface area contributed by atoms with Crippen LogP contribution in [0.25, 0.3) is 0 Å². The lowest BCUT2D eigenvalue weighted by Crippen LogP contribution is -2.59. The van der Waals surface area contributed by atoms with Gasteiger partial charge in [0.25, 0.3) is 0 Å². The molecule has 1 saturated heterocycles. The van der Waals surface area contributed by atoms with E-state index in [0.29, 0.717) is 38.4 Å². The van der Waals surface area contributed by atoms with Crippen LogP contribution >= 0.6 is 0 Å². The SMILES string of the molecule is Cc1cccc(OC[C@@]2(O)CN(Cc3cccc(OCCCn4cccn4)c3)CC[C@@H]2O)c1. The zero-order valence-corrected chi connectivity index (χ0v) is 19.1. The molecule has 0 amide bonds. The second-order valence-electron chi connectivity index (χ2n) is 8.84. The lowest BCUT2D eigenvalue weighted by atomic mass is 9.90. The van der Waals surface area contributed by atoms with Crippen LogP contribution in [0, 0.1) is 6.92 Å². The lowest BCUT2D eigenvalue weighted by molar-refractivity contribution is -0.140. The van der Waals surface area contributed by atoms with Crippen molar-refractivity contribution in [3.63, 3.8) is 0 Å². The summed E-state index contributed by atoms with van der Waals surface area (Å²) in [5, 5.41) is 25.8. The number of piperidine rings is 1. The number of aryl methyl sites for hydroxylation is 2. The molecule has 0 aliphatic carbocycles. The number of benzene rings is 2. The maximum Gasteiger partial charge on any atom is 0.137 e. The van der Waals surface area contributed by atoms with Crippen LogP contribution in [-0.4, -0.2) is 62.9 Å². The number of ether oxygens (including phenoxy) is 2. The van der Waals surface area contributed by atoms with Crippen molar-refractivity contribution in [2.45, 2.75) is 44.6 Å². The van der Waals surface area contributed by atoms with Crippen LogP contribution < -0.4 is 9.47 Å². The Morgan fingerprint density at radius 3 is 2.70 bits per heavy atom. The summed E-state index contributed by atoms with van der Waals surface area (Å²) in [4.78, 5) is 2.16. The third kappa shape index (κ3) is 6.57. The number of nitrogens with zero attached hydrogens (tertiary/aromatic N) is 3. The maximum absolute atomic E-state index is 11.1. The van der Waals surface area contributed by atoms with E-state index < -0.39 is 11.7 Å². The smallest absolute Gasteiger partial charge is 0.137 e. The second kappa shape index (κ2) is 10.8. The number of aromatic nitrogens is 2. The molecule has 0 bridgehead atoms. The van der Waals surface area contributed by atoms with Gasteiger partial charge in [-0.2, -0.15) is 5.10 Å². The topological polar surface area (TPSA) is 80.0 Å². The van der Waals surface area contributed by atoms with Crippen molar-refractivity contribution in [1.82, 2.24) is 14.7 Å². The predicted octanol–water partition coefficient (Wildman–Crippen LogP) is 3.04. The first-order chi connectivity index (χ1) is 16.0. The Morgan fingerprint density at radius 1 is 1.09 bits per heavy atom. The van der Waals surface area contributed by atoms with Crippen LogP contribution in [0.3, 0.4) is 0 Å². The second-order valence-corrected chi connectivity index (χ2v) is 8.84. The third-order valence-corrected chi connectivity index (χ3v) is 5.98. The summed E-state index contributed by atoms with van der Waals surface area (Å²) in [5.41, 5.74) is 0.884. The highest BCUT2D eigenvalue weighted by Gasteiger charge is 2.42. The van der Waals surface area contributed by atoms with E-state index in [2.05, 4.69) is 16.1 Å². The molecule has 1 fully saturated rings. The van der Waals surface area contributed by atoms with E-state index in [0.717, 1.165) is 29.8 Å². The first kappa shape index (κ1) is 23.3. The van der Waals surface area contributed by atoms with Crippen molar-refractivity contribution in [2.24, 2.45) is 0 Å². The van der Waals surface area contributed by atoms with E-state index in [4.69, 9.17) is 9.47 Å². The van der Waals surface area contributed by atoms with E-state index in [1.54, 1.807) is 6.20 Å². The van der Waals surface area contributed by atoms with Gasteiger partial charge in [-0.3, -0.25) is 9.58 Å². The number of aliphatic hydroxyl groups is 2. The molecule has 7 heteroatoms. The summed E-state index contributed by atoms with van der Waals surface area (Å²) in [5.74, 6) is 1.54. The van der Waals surface area contributed by atoms with Crippen LogP contribution in [0.1, 0.15) is 24.0 Å². The van der Waals surface area contributed by atoms with Crippen molar-refractivity contribution < 1.29 is 19.7 Å². The molecular weight excluding hydrogens is 418 g/mol. The molecule has 0 spiro atoms. The highest BCUT2D eigenvalue weighted by Crippen LogP contribution is 2.26. The number of aliphatic hydroxyl groups excluding tert-OH is 1. The minimum atomic E-state index is -1.32. The van der Waals surface area contributed by atoms with E-state index in [1.807, 2.05) is 66.3 Å². The standard InChI is InChI=1S/C26H33N3O4/c1-21-6-2-8-23(16-21)33-20-26(31)19-28(14-10-25(26)30)18-22-7-3-9-24(17-22)32-15-5-13-29-12-4-11-27-29/h2-4,6-9,11-12,16-17,25,30-31H,5,10,13-15,18-20H2,1H3/t25-,26-/m0/s1. The molecule has 2 atom stereocenters. The van der Waals surface area contributed by atoms with Gasteiger partial charge in [0.05, 0.1) is 12.7 Å². The maximum atomic E-state index is 11.1. The molecule has 1 aliphatic heterocycles. The van der Waals surface area contributed by atoms with Gasteiger partial charge in [-0.15, -0.1) is 0 Å². The largest absolute Gasteiger partial charge is 0.494 e. The van der Waals surface area contributed by atoms with Crippen LogP contribution in [0.4, 0.5) is 0 Å². The number of hydrogen-bond donors (Lipinski definition) is 2. The predicted molar refractivity (Wildman–Crippen MR) is 126 cm³/mol. The van der Waals surface area contributed by atoms with Gasteiger partial charge in [-0.1, -0.05) is 24.3 Å². The van der Waals surface area contributed by atoms with Crippen molar-refractivity contribution in [3.8, 4) is 11.5 Å². The summed E-state index contributed by atoms with van der Waals surface area (Å²) in [6.07, 6.45) is 4.28. The molecular formula is C26H33N3O4. The van der Waals surface area contributed by atoms with Gasteiger partial charge < -0.3 is 19.7 Å². The molecule has 0 unspecified atom stereocenters. The molecule has 2 aromatic carbocycles. The summed E-state index contributed by atoms with van der Waals surface area (Å²) in [6.45, 7) is 5.21. The average molecular weight is 452 g/mol. The molecule has 0 saturated carbocycles. The van der Waals surface area contributed by atoms with Crippen molar-refractivity contribution in [3.05, 3.63) is 78.1 Å². The fourth-order valence-corrected chi connectivity index (χ4v) is 4.18. The third-order valence-electron chi connectivity index (χ3n) is 5.98. The summed E-state index contributed by atoms with van der Waals surface area (Å²) >= 11 is 0.